The zero-order valence-electron chi connectivity index (χ0n) is 16.1. The summed E-state index contributed by atoms with van der Waals surface area (Å²) in [7, 11) is -3.93. The van der Waals surface area contributed by atoms with Crippen LogP contribution in [0.4, 0.5) is 11.4 Å². The molecule has 0 radical (unpaired) electrons. The molecule has 0 saturated carbocycles. The van der Waals surface area contributed by atoms with Crippen LogP contribution in [-0.4, -0.2) is 39.6 Å². The van der Waals surface area contributed by atoms with Crippen molar-refractivity contribution in [2.45, 2.75) is 31.2 Å². The van der Waals surface area contributed by atoms with Crippen LogP contribution in [0.25, 0.3) is 0 Å². The molecule has 1 N–H and O–H groups in total. The summed E-state index contributed by atoms with van der Waals surface area (Å²) < 4.78 is 35.3. The van der Waals surface area contributed by atoms with Crippen LogP contribution in [-0.2, 0) is 19.1 Å². The molecule has 1 amide bonds. The fourth-order valence-corrected chi connectivity index (χ4v) is 3.95. The topological polar surface area (TPSA) is 84.9 Å². The van der Waals surface area contributed by atoms with Gasteiger partial charge in [-0.2, -0.15) is 8.42 Å². The van der Waals surface area contributed by atoms with Crippen LogP contribution in [0.15, 0.2) is 53.4 Å². The van der Waals surface area contributed by atoms with Crippen LogP contribution in [0.3, 0.4) is 0 Å². The van der Waals surface area contributed by atoms with Gasteiger partial charge in [-0.15, -0.1) is 0 Å². The number of hydrogen-bond acceptors (Lipinski definition) is 6. The van der Waals surface area contributed by atoms with Crippen molar-refractivity contribution in [1.82, 2.24) is 0 Å². The van der Waals surface area contributed by atoms with Crippen LogP contribution in [0.5, 0.6) is 5.75 Å². The minimum absolute atomic E-state index is 0.0447. The number of anilines is 2. The molecule has 2 aromatic rings. The molecule has 2 aromatic carbocycles. The van der Waals surface area contributed by atoms with Crippen molar-refractivity contribution >= 4 is 27.4 Å². The highest BCUT2D eigenvalue weighted by Crippen LogP contribution is 2.34. The van der Waals surface area contributed by atoms with Crippen LogP contribution < -0.4 is 15.0 Å². The van der Waals surface area contributed by atoms with E-state index in [4.69, 9.17) is 8.92 Å². The van der Waals surface area contributed by atoms with Gasteiger partial charge in [-0.05, 0) is 57.2 Å². The van der Waals surface area contributed by atoms with E-state index in [1.54, 1.807) is 30.9 Å². The first kappa shape index (κ1) is 20.2. The Balaban J connectivity index is 1.70. The molecule has 0 fully saturated rings. The average molecular weight is 404 g/mol. The fraction of sp³-hybridized carbons (Fsp3) is 0.350. The number of fused-ring (bicyclic) bond motifs is 1. The van der Waals surface area contributed by atoms with E-state index in [1.165, 1.54) is 12.1 Å². The van der Waals surface area contributed by atoms with E-state index in [9.17, 15) is 13.2 Å². The lowest BCUT2D eigenvalue weighted by molar-refractivity contribution is -0.122. The standard InChI is InChI=1S/C20H24N2O5S/c1-4-26-15-9-11-16(12-10-15)28(24,25)27-14-13-22-18-8-6-5-7-17(18)21-20(2,3)19(22)23/h5-12,21H,4,13-14H2,1-3H3. The zero-order chi connectivity index (χ0) is 20.4. The van der Waals surface area contributed by atoms with Gasteiger partial charge in [0.25, 0.3) is 16.0 Å². The quantitative estimate of drug-likeness (QED) is 0.714. The molecule has 7 nitrogen and oxygen atoms in total. The maximum absolute atomic E-state index is 12.8. The summed E-state index contributed by atoms with van der Waals surface area (Å²) in [5, 5.41) is 3.20. The van der Waals surface area contributed by atoms with E-state index >= 15 is 0 Å². The maximum atomic E-state index is 12.8. The molecule has 0 aromatic heterocycles. The number of ether oxygens (including phenoxy) is 1. The monoisotopic (exact) mass is 404 g/mol. The van der Waals surface area contributed by atoms with Crippen molar-refractivity contribution < 1.29 is 22.1 Å². The van der Waals surface area contributed by atoms with Gasteiger partial charge >= 0.3 is 0 Å². The van der Waals surface area contributed by atoms with E-state index in [0.29, 0.717) is 18.0 Å². The normalized spacial score (nSPS) is 15.7. The van der Waals surface area contributed by atoms with E-state index in [2.05, 4.69) is 5.32 Å². The number of carbonyl (C=O) groups excluding carboxylic acids is 1. The van der Waals surface area contributed by atoms with Gasteiger partial charge in [-0.1, -0.05) is 12.1 Å². The van der Waals surface area contributed by atoms with Crippen LogP contribution in [0.1, 0.15) is 20.8 Å². The maximum Gasteiger partial charge on any atom is 0.297 e. The third-order valence-electron chi connectivity index (χ3n) is 4.40. The Morgan fingerprint density at radius 2 is 1.75 bits per heavy atom. The summed E-state index contributed by atoms with van der Waals surface area (Å²) in [6.07, 6.45) is 0. The van der Waals surface area contributed by atoms with Gasteiger partial charge in [-0.25, -0.2) is 0 Å². The molecular formula is C20H24N2O5S. The second-order valence-corrected chi connectivity index (χ2v) is 8.52. The molecule has 1 heterocycles. The Kier molecular flexibility index (Phi) is 5.62. The summed E-state index contributed by atoms with van der Waals surface area (Å²) in [4.78, 5) is 14.4. The van der Waals surface area contributed by atoms with Gasteiger partial charge in [0.05, 0.1) is 36.0 Å². The Labute approximate surface area is 165 Å². The molecule has 8 heteroatoms. The van der Waals surface area contributed by atoms with E-state index < -0.39 is 15.7 Å². The summed E-state index contributed by atoms with van der Waals surface area (Å²) >= 11 is 0. The Hall–Kier alpha value is -2.58. The van der Waals surface area contributed by atoms with Crippen molar-refractivity contribution in [3.05, 3.63) is 48.5 Å². The number of benzene rings is 2. The lowest BCUT2D eigenvalue weighted by atomic mass is 9.98. The van der Waals surface area contributed by atoms with E-state index in [0.717, 1.165) is 5.69 Å². The lowest BCUT2D eigenvalue weighted by Crippen LogP contribution is -2.54. The highest BCUT2D eigenvalue weighted by atomic mass is 32.2. The molecule has 1 aliphatic rings. The van der Waals surface area contributed by atoms with Crippen molar-refractivity contribution in [3.8, 4) is 5.75 Å². The van der Waals surface area contributed by atoms with Crippen LogP contribution >= 0.6 is 0 Å². The molecule has 0 atom stereocenters. The molecule has 0 aliphatic carbocycles. The van der Waals surface area contributed by atoms with Gasteiger partial charge in [0.15, 0.2) is 0 Å². The van der Waals surface area contributed by atoms with Gasteiger partial charge in [0.1, 0.15) is 11.3 Å². The Morgan fingerprint density at radius 3 is 2.43 bits per heavy atom. The highest BCUT2D eigenvalue weighted by Gasteiger charge is 2.38. The first-order valence-corrected chi connectivity index (χ1v) is 10.5. The molecule has 28 heavy (non-hydrogen) atoms. The molecule has 0 unspecified atom stereocenters. The first-order chi connectivity index (χ1) is 13.2. The second kappa shape index (κ2) is 7.81. The number of nitrogens with one attached hydrogen (secondary N) is 1. The first-order valence-electron chi connectivity index (χ1n) is 9.06. The zero-order valence-corrected chi connectivity index (χ0v) is 17.0. The molecule has 150 valence electrons. The van der Waals surface area contributed by atoms with Crippen molar-refractivity contribution in [2.24, 2.45) is 0 Å². The number of para-hydroxylation sites is 2. The SMILES string of the molecule is CCOc1ccc(S(=O)(=O)OCCN2C(=O)C(C)(C)Nc3ccccc32)cc1. The third-order valence-corrected chi connectivity index (χ3v) is 5.73. The summed E-state index contributed by atoms with van der Waals surface area (Å²) in [6, 6.07) is 13.4. The van der Waals surface area contributed by atoms with Crippen molar-refractivity contribution in [1.29, 1.82) is 0 Å². The second-order valence-electron chi connectivity index (χ2n) is 6.90. The van der Waals surface area contributed by atoms with Crippen molar-refractivity contribution in [2.75, 3.05) is 30.0 Å². The number of rotatable bonds is 7. The predicted molar refractivity (Wildman–Crippen MR) is 107 cm³/mol. The van der Waals surface area contributed by atoms with Gasteiger partial charge in [0, 0.05) is 0 Å². The molecule has 0 bridgehead atoms. The molecule has 1 aliphatic heterocycles. The minimum Gasteiger partial charge on any atom is -0.494 e. The lowest BCUT2D eigenvalue weighted by Gasteiger charge is -2.39. The Morgan fingerprint density at radius 1 is 1.07 bits per heavy atom. The minimum atomic E-state index is -3.93. The number of carbonyl (C=O) groups is 1. The molecular weight excluding hydrogens is 380 g/mol. The smallest absolute Gasteiger partial charge is 0.297 e. The van der Waals surface area contributed by atoms with Crippen LogP contribution in [0.2, 0.25) is 0 Å². The van der Waals surface area contributed by atoms with Gasteiger partial charge in [-0.3, -0.25) is 8.98 Å². The Bertz CT molecular complexity index is 955. The van der Waals surface area contributed by atoms with Gasteiger partial charge in [0.2, 0.25) is 0 Å². The largest absolute Gasteiger partial charge is 0.494 e. The predicted octanol–water partition coefficient (Wildman–Crippen LogP) is 3.03. The summed E-state index contributed by atoms with van der Waals surface area (Å²) in [5.74, 6) is 0.444. The number of hydrogen-bond donors (Lipinski definition) is 1. The highest BCUT2D eigenvalue weighted by molar-refractivity contribution is 7.86. The fourth-order valence-electron chi connectivity index (χ4n) is 3.05. The average Bonchev–Trinajstić information content (AvgIpc) is 2.65. The van der Waals surface area contributed by atoms with E-state index in [1.807, 2.05) is 31.2 Å². The van der Waals surface area contributed by atoms with Crippen LogP contribution in [0, 0.1) is 0 Å². The molecule has 3 rings (SSSR count). The summed E-state index contributed by atoms with van der Waals surface area (Å²) in [6.45, 7) is 5.90. The molecule has 0 saturated heterocycles. The number of amides is 1. The van der Waals surface area contributed by atoms with Gasteiger partial charge < -0.3 is 15.0 Å². The van der Waals surface area contributed by atoms with Crippen molar-refractivity contribution in [3.63, 3.8) is 0 Å². The summed E-state index contributed by atoms with van der Waals surface area (Å²) in [5.41, 5.74) is 0.734. The third kappa shape index (κ3) is 4.13. The molecule has 0 spiro atoms. The van der Waals surface area contributed by atoms with E-state index in [-0.39, 0.29) is 24.0 Å². The number of nitrogens with zero attached hydrogens (tertiary/aromatic N) is 1.